The first-order valence-corrected chi connectivity index (χ1v) is 9.48. The average molecular weight is 351 g/mol. The van der Waals surface area contributed by atoms with Gasteiger partial charge in [-0.1, -0.05) is 0 Å². The van der Waals surface area contributed by atoms with Crippen LogP contribution in [0, 0.1) is 0 Å². The average Bonchev–Trinajstić information content (AvgIpc) is 3.04. The monoisotopic (exact) mass is 351 g/mol. The maximum Gasteiger partial charge on any atom is 0.243 e. The molecule has 1 aromatic carbocycles. The van der Waals surface area contributed by atoms with Gasteiger partial charge in [0, 0.05) is 25.7 Å². The molecule has 1 saturated heterocycles. The van der Waals surface area contributed by atoms with Crippen LogP contribution in [-0.4, -0.2) is 43.7 Å². The van der Waals surface area contributed by atoms with Crippen molar-refractivity contribution in [3.8, 4) is 0 Å². The highest BCUT2D eigenvalue weighted by molar-refractivity contribution is 7.89. The van der Waals surface area contributed by atoms with Crippen LogP contribution in [0.2, 0.25) is 0 Å². The number of anilines is 1. The van der Waals surface area contributed by atoms with Gasteiger partial charge < -0.3 is 10.6 Å². The highest BCUT2D eigenvalue weighted by Crippen LogP contribution is 2.32. The van der Waals surface area contributed by atoms with Crippen molar-refractivity contribution in [3.63, 3.8) is 0 Å². The molecule has 1 aromatic rings. The van der Waals surface area contributed by atoms with Crippen molar-refractivity contribution in [2.45, 2.75) is 43.5 Å². The first kappa shape index (κ1) is 16.9. The summed E-state index contributed by atoms with van der Waals surface area (Å²) in [5, 5.41) is 0. The standard InChI is InChI=1S/C16H21N3O4S/c1-11(20)18-8-2-4-12-10-13(6-7-14(12)18)24(22,23)19-9-3-5-15(19)16(17)21/h6-7,10,15H,2-5,8-9H2,1H3,(H2,17,21). The highest BCUT2D eigenvalue weighted by atomic mass is 32.2. The van der Waals surface area contributed by atoms with E-state index in [2.05, 4.69) is 0 Å². The zero-order valence-electron chi connectivity index (χ0n) is 13.6. The van der Waals surface area contributed by atoms with Gasteiger partial charge in [0.05, 0.1) is 4.90 Å². The smallest absolute Gasteiger partial charge is 0.243 e. The lowest BCUT2D eigenvalue weighted by atomic mass is 10.0. The number of hydrogen-bond acceptors (Lipinski definition) is 4. The summed E-state index contributed by atoms with van der Waals surface area (Å²) >= 11 is 0. The number of benzene rings is 1. The molecule has 0 radical (unpaired) electrons. The minimum absolute atomic E-state index is 0.0557. The lowest BCUT2D eigenvalue weighted by Gasteiger charge is -2.29. The molecule has 0 saturated carbocycles. The van der Waals surface area contributed by atoms with Crippen LogP contribution < -0.4 is 10.6 Å². The molecule has 1 fully saturated rings. The lowest BCUT2D eigenvalue weighted by Crippen LogP contribution is -2.43. The fourth-order valence-corrected chi connectivity index (χ4v) is 5.22. The summed E-state index contributed by atoms with van der Waals surface area (Å²) < 4.78 is 27.0. The first-order chi connectivity index (χ1) is 11.3. The van der Waals surface area contributed by atoms with Crippen LogP contribution in [0.15, 0.2) is 23.1 Å². The summed E-state index contributed by atoms with van der Waals surface area (Å²) in [6, 6.07) is 4.03. The van der Waals surface area contributed by atoms with Gasteiger partial charge in [-0.25, -0.2) is 8.42 Å². The fraction of sp³-hybridized carbons (Fsp3) is 0.500. The van der Waals surface area contributed by atoms with Crippen molar-refractivity contribution in [3.05, 3.63) is 23.8 Å². The maximum atomic E-state index is 12.9. The van der Waals surface area contributed by atoms with E-state index in [1.54, 1.807) is 17.0 Å². The van der Waals surface area contributed by atoms with Gasteiger partial charge in [-0.3, -0.25) is 9.59 Å². The Kier molecular flexibility index (Phi) is 4.35. The van der Waals surface area contributed by atoms with Crippen LogP contribution in [0.4, 0.5) is 5.69 Å². The zero-order valence-corrected chi connectivity index (χ0v) is 14.4. The van der Waals surface area contributed by atoms with Crippen molar-refractivity contribution < 1.29 is 18.0 Å². The van der Waals surface area contributed by atoms with E-state index >= 15 is 0 Å². The van der Waals surface area contributed by atoms with E-state index in [1.165, 1.54) is 17.3 Å². The Labute approximate surface area is 141 Å². The second kappa shape index (κ2) is 6.18. The number of rotatable bonds is 3. The number of amides is 2. The van der Waals surface area contributed by atoms with E-state index < -0.39 is 22.0 Å². The summed E-state index contributed by atoms with van der Waals surface area (Å²) in [6.45, 7) is 2.44. The Morgan fingerprint density at radius 2 is 1.96 bits per heavy atom. The summed E-state index contributed by atoms with van der Waals surface area (Å²) in [7, 11) is -3.78. The number of fused-ring (bicyclic) bond motifs is 1. The number of nitrogens with two attached hydrogens (primary N) is 1. The fourth-order valence-electron chi connectivity index (χ4n) is 3.51. The summed E-state index contributed by atoms with van der Waals surface area (Å²) in [5.74, 6) is -0.670. The highest BCUT2D eigenvalue weighted by Gasteiger charge is 2.38. The number of hydrogen-bond donors (Lipinski definition) is 1. The number of sulfonamides is 1. The van der Waals surface area contributed by atoms with Crippen LogP contribution in [-0.2, 0) is 26.0 Å². The Morgan fingerprint density at radius 3 is 2.62 bits per heavy atom. The van der Waals surface area contributed by atoms with Crippen LogP contribution in [0.25, 0.3) is 0 Å². The van der Waals surface area contributed by atoms with E-state index in [0.717, 1.165) is 24.1 Å². The molecule has 1 unspecified atom stereocenters. The largest absolute Gasteiger partial charge is 0.368 e. The molecule has 2 N–H and O–H groups in total. The second-order valence-electron chi connectivity index (χ2n) is 6.24. The minimum atomic E-state index is -3.78. The molecular weight excluding hydrogens is 330 g/mol. The molecule has 2 amide bonds. The Balaban J connectivity index is 1.98. The van der Waals surface area contributed by atoms with Gasteiger partial charge in [0.2, 0.25) is 21.8 Å². The number of nitrogens with zero attached hydrogens (tertiary/aromatic N) is 2. The molecule has 1 atom stereocenters. The molecular formula is C16H21N3O4S. The second-order valence-corrected chi connectivity index (χ2v) is 8.13. The van der Waals surface area contributed by atoms with Gasteiger partial charge in [-0.05, 0) is 49.4 Å². The van der Waals surface area contributed by atoms with Crippen molar-refractivity contribution in [1.82, 2.24) is 4.31 Å². The molecule has 7 nitrogen and oxygen atoms in total. The zero-order chi connectivity index (χ0) is 17.5. The topological polar surface area (TPSA) is 101 Å². The number of primary amides is 1. The molecule has 0 spiro atoms. The molecule has 24 heavy (non-hydrogen) atoms. The van der Waals surface area contributed by atoms with E-state index in [9.17, 15) is 18.0 Å². The lowest BCUT2D eigenvalue weighted by molar-refractivity contribution is -0.121. The van der Waals surface area contributed by atoms with Crippen LogP contribution >= 0.6 is 0 Å². The quantitative estimate of drug-likeness (QED) is 0.863. The van der Waals surface area contributed by atoms with Gasteiger partial charge in [-0.2, -0.15) is 4.31 Å². The van der Waals surface area contributed by atoms with Crippen molar-refractivity contribution in [2.24, 2.45) is 5.73 Å². The van der Waals surface area contributed by atoms with E-state index in [4.69, 9.17) is 5.73 Å². The molecule has 0 aromatic heterocycles. The SMILES string of the molecule is CC(=O)N1CCCc2cc(S(=O)(=O)N3CCCC3C(N)=O)ccc21. The number of carbonyl (C=O) groups excluding carboxylic acids is 2. The summed E-state index contributed by atoms with van der Waals surface area (Å²) in [5.41, 5.74) is 6.94. The molecule has 2 aliphatic heterocycles. The van der Waals surface area contributed by atoms with Crippen molar-refractivity contribution in [2.75, 3.05) is 18.0 Å². The Bertz CT molecular complexity index is 791. The Morgan fingerprint density at radius 1 is 1.21 bits per heavy atom. The van der Waals surface area contributed by atoms with Gasteiger partial charge in [-0.15, -0.1) is 0 Å². The number of aryl methyl sites for hydroxylation is 1. The normalized spacial score (nSPS) is 21.5. The molecule has 3 rings (SSSR count). The molecule has 0 aliphatic carbocycles. The minimum Gasteiger partial charge on any atom is -0.368 e. The predicted octanol–water partition coefficient (Wildman–Crippen LogP) is 0.624. The predicted molar refractivity (Wildman–Crippen MR) is 88.9 cm³/mol. The molecule has 2 heterocycles. The van der Waals surface area contributed by atoms with E-state index in [-0.39, 0.29) is 10.8 Å². The van der Waals surface area contributed by atoms with E-state index in [0.29, 0.717) is 25.9 Å². The van der Waals surface area contributed by atoms with E-state index in [1.807, 2.05) is 0 Å². The van der Waals surface area contributed by atoms with Gasteiger partial charge in [0.25, 0.3) is 0 Å². The summed E-state index contributed by atoms with van der Waals surface area (Å²) in [4.78, 5) is 25.0. The Hall–Kier alpha value is -1.93. The van der Waals surface area contributed by atoms with Crippen molar-refractivity contribution >= 4 is 27.5 Å². The van der Waals surface area contributed by atoms with Crippen LogP contribution in [0.3, 0.4) is 0 Å². The number of carbonyl (C=O) groups is 2. The first-order valence-electron chi connectivity index (χ1n) is 8.04. The third-order valence-corrected chi connectivity index (χ3v) is 6.59. The van der Waals surface area contributed by atoms with Gasteiger partial charge >= 0.3 is 0 Å². The van der Waals surface area contributed by atoms with Gasteiger partial charge in [0.1, 0.15) is 6.04 Å². The molecule has 8 heteroatoms. The van der Waals surface area contributed by atoms with Crippen molar-refractivity contribution in [1.29, 1.82) is 0 Å². The maximum absolute atomic E-state index is 12.9. The molecule has 130 valence electrons. The van der Waals surface area contributed by atoms with Gasteiger partial charge in [0.15, 0.2) is 0 Å². The molecule has 2 aliphatic rings. The van der Waals surface area contributed by atoms with Crippen LogP contribution in [0.1, 0.15) is 31.7 Å². The summed E-state index contributed by atoms with van der Waals surface area (Å²) in [6.07, 6.45) is 2.60. The van der Waals surface area contributed by atoms with Crippen LogP contribution in [0.5, 0.6) is 0 Å². The molecule has 0 bridgehead atoms. The third-order valence-electron chi connectivity index (χ3n) is 4.69. The third kappa shape index (κ3) is 2.80.